The van der Waals surface area contributed by atoms with Crippen molar-refractivity contribution < 1.29 is 0 Å². The quantitative estimate of drug-likeness (QED) is 0.554. The first-order valence-corrected chi connectivity index (χ1v) is 11.1. The zero-order chi connectivity index (χ0) is 16.8. The SMILES string of the molecule is CC1CC2CC3CCCCC3CC2C1CCC1C=Cc2ccccc21. The summed E-state index contributed by atoms with van der Waals surface area (Å²) in [4.78, 5) is 0. The largest absolute Gasteiger partial charge is 0.0764 e. The van der Waals surface area contributed by atoms with E-state index in [2.05, 4.69) is 43.3 Å². The molecule has 4 aliphatic rings. The summed E-state index contributed by atoms with van der Waals surface area (Å²) in [6, 6.07) is 9.04. The van der Waals surface area contributed by atoms with Gasteiger partial charge in [0.15, 0.2) is 0 Å². The fourth-order valence-corrected chi connectivity index (χ4v) is 7.33. The number of hydrogen-bond donors (Lipinski definition) is 0. The highest BCUT2D eigenvalue weighted by Gasteiger charge is 2.47. The van der Waals surface area contributed by atoms with E-state index >= 15 is 0 Å². The van der Waals surface area contributed by atoms with E-state index in [1.54, 1.807) is 31.2 Å². The predicted molar refractivity (Wildman–Crippen MR) is 106 cm³/mol. The van der Waals surface area contributed by atoms with E-state index in [9.17, 15) is 0 Å². The number of benzene rings is 1. The van der Waals surface area contributed by atoms with Gasteiger partial charge in [-0.3, -0.25) is 0 Å². The molecule has 0 heteroatoms. The Morgan fingerprint density at radius 1 is 0.880 bits per heavy atom. The molecule has 3 saturated carbocycles. The van der Waals surface area contributed by atoms with E-state index in [0.717, 1.165) is 35.5 Å². The highest BCUT2D eigenvalue weighted by atomic mass is 14.5. The van der Waals surface area contributed by atoms with Gasteiger partial charge in [0.2, 0.25) is 0 Å². The van der Waals surface area contributed by atoms with E-state index < -0.39 is 0 Å². The third-order valence-electron chi connectivity index (χ3n) is 8.52. The van der Waals surface area contributed by atoms with Gasteiger partial charge < -0.3 is 0 Å². The first-order valence-electron chi connectivity index (χ1n) is 11.1. The minimum atomic E-state index is 0.688. The molecule has 0 heterocycles. The van der Waals surface area contributed by atoms with Crippen LogP contribution in [-0.4, -0.2) is 0 Å². The number of fused-ring (bicyclic) bond motifs is 3. The number of rotatable bonds is 3. The lowest BCUT2D eigenvalue weighted by Crippen LogP contribution is -2.33. The molecule has 0 nitrogen and oxygen atoms in total. The topological polar surface area (TPSA) is 0 Å². The smallest absolute Gasteiger partial charge is 0.00273 e. The van der Waals surface area contributed by atoms with Crippen molar-refractivity contribution in [1.82, 2.24) is 0 Å². The molecule has 0 bridgehead atoms. The summed E-state index contributed by atoms with van der Waals surface area (Å²) in [7, 11) is 0. The second kappa shape index (κ2) is 6.60. The zero-order valence-corrected chi connectivity index (χ0v) is 15.9. The zero-order valence-electron chi connectivity index (χ0n) is 15.9. The maximum absolute atomic E-state index is 2.57. The fraction of sp³-hybridized carbons (Fsp3) is 0.680. The van der Waals surface area contributed by atoms with Crippen molar-refractivity contribution in [1.29, 1.82) is 0 Å². The first kappa shape index (κ1) is 16.2. The van der Waals surface area contributed by atoms with Gasteiger partial charge in [-0.1, -0.05) is 69.0 Å². The van der Waals surface area contributed by atoms with Crippen LogP contribution in [-0.2, 0) is 0 Å². The molecular formula is C25H34. The lowest BCUT2D eigenvalue weighted by atomic mass is 9.62. The molecule has 4 aliphatic carbocycles. The monoisotopic (exact) mass is 334 g/mol. The molecular weight excluding hydrogens is 300 g/mol. The third-order valence-corrected chi connectivity index (χ3v) is 8.52. The van der Waals surface area contributed by atoms with Gasteiger partial charge in [-0.15, -0.1) is 0 Å². The second-order valence-corrected chi connectivity index (χ2v) is 9.75. The van der Waals surface area contributed by atoms with Gasteiger partial charge in [0.05, 0.1) is 0 Å². The molecule has 0 N–H and O–H groups in total. The van der Waals surface area contributed by atoms with Crippen molar-refractivity contribution in [2.24, 2.45) is 35.5 Å². The van der Waals surface area contributed by atoms with Gasteiger partial charge in [0, 0.05) is 5.92 Å². The Labute approximate surface area is 154 Å². The van der Waals surface area contributed by atoms with Crippen molar-refractivity contribution in [3.8, 4) is 0 Å². The van der Waals surface area contributed by atoms with Crippen LogP contribution >= 0.6 is 0 Å². The van der Waals surface area contributed by atoms with Crippen LogP contribution < -0.4 is 0 Å². The lowest BCUT2D eigenvalue weighted by Gasteiger charge is -2.43. The molecule has 3 fully saturated rings. The summed E-state index contributed by atoms with van der Waals surface area (Å²) >= 11 is 0. The van der Waals surface area contributed by atoms with Crippen LogP contribution in [0, 0.1) is 35.5 Å². The average molecular weight is 335 g/mol. The van der Waals surface area contributed by atoms with Gasteiger partial charge in [-0.2, -0.15) is 0 Å². The maximum atomic E-state index is 2.57. The van der Waals surface area contributed by atoms with Crippen LogP contribution in [0.3, 0.4) is 0 Å². The fourth-order valence-electron chi connectivity index (χ4n) is 7.33. The Kier molecular flexibility index (Phi) is 4.27. The predicted octanol–water partition coefficient (Wildman–Crippen LogP) is 7.07. The van der Waals surface area contributed by atoms with E-state index in [4.69, 9.17) is 0 Å². The van der Waals surface area contributed by atoms with Gasteiger partial charge in [-0.25, -0.2) is 0 Å². The van der Waals surface area contributed by atoms with Gasteiger partial charge in [-0.05, 0) is 78.7 Å². The molecule has 1 aromatic carbocycles. The summed E-state index contributed by atoms with van der Waals surface area (Å²) in [5.74, 6) is 7.00. The van der Waals surface area contributed by atoms with Crippen LogP contribution in [0.15, 0.2) is 30.3 Å². The van der Waals surface area contributed by atoms with E-state index in [0.29, 0.717) is 5.92 Å². The molecule has 0 radical (unpaired) electrons. The van der Waals surface area contributed by atoms with Crippen LogP contribution in [0.4, 0.5) is 0 Å². The van der Waals surface area contributed by atoms with Crippen molar-refractivity contribution in [2.45, 2.75) is 70.6 Å². The Bertz CT molecular complexity index is 641. The maximum Gasteiger partial charge on any atom is 0.00273 e. The molecule has 134 valence electrons. The third kappa shape index (κ3) is 2.90. The van der Waals surface area contributed by atoms with Crippen LogP contribution in [0.2, 0.25) is 0 Å². The summed E-state index contributed by atoms with van der Waals surface area (Å²) in [5, 5.41) is 0. The van der Waals surface area contributed by atoms with E-state index in [1.807, 2.05) is 0 Å². The highest BCUT2D eigenvalue weighted by molar-refractivity contribution is 5.62. The van der Waals surface area contributed by atoms with Crippen molar-refractivity contribution in [3.05, 3.63) is 41.5 Å². The Morgan fingerprint density at radius 3 is 2.56 bits per heavy atom. The van der Waals surface area contributed by atoms with Gasteiger partial charge in [0.25, 0.3) is 0 Å². The Hall–Kier alpha value is -1.04. The summed E-state index contributed by atoms with van der Waals surface area (Å²) < 4.78 is 0. The van der Waals surface area contributed by atoms with Gasteiger partial charge >= 0.3 is 0 Å². The van der Waals surface area contributed by atoms with E-state index in [-0.39, 0.29) is 0 Å². The number of allylic oxidation sites excluding steroid dienone is 1. The van der Waals surface area contributed by atoms with Gasteiger partial charge in [0.1, 0.15) is 0 Å². The first-order chi connectivity index (χ1) is 12.3. The van der Waals surface area contributed by atoms with Crippen LogP contribution in [0.1, 0.15) is 81.8 Å². The molecule has 0 saturated heterocycles. The molecule has 0 amide bonds. The molecule has 0 spiro atoms. The minimum Gasteiger partial charge on any atom is -0.0764 e. The summed E-state index contributed by atoms with van der Waals surface area (Å²) in [5.41, 5.74) is 3.05. The highest BCUT2D eigenvalue weighted by Crippen LogP contribution is 2.56. The van der Waals surface area contributed by atoms with Crippen LogP contribution in [0.25, 0.3) is 6.08 Å². The molecule has 5 rings (SSSR count). The van der Waals surface area contributed by atoms with Crippen molar-refractivity contribution in [2.75, 3.05) is 0 Å². The Morgan fingerprint density at radius 2 is 1.68 bits per heavy atom. The minimum absolute atomic E-state index is 0.688. The Balaban J connectivity index is 1.26. The number of hydrogen-bond acceptors (Lipinski definition) is 0. The molecule has 7 unspecified atom stereocenters. The van der Waals surface area contributed by atoms with Crippen LogP contribution in [0.5, 0.6) is 0 Å². The average Bonchev–Trinajstić information content (AvgIpc) is 3.18. The summed E-state index contributed by atoms with van der Waals surface area (Å²) in [6.45, 7) is 2.57. The standard InChI is InChI=1S/C25H34/c1-17-14-22-15-20-7-2-3-8-21(20)16-25(22)23(17)13-12-19-11-10-18-6-4-5-9-24(18)19/h4-6,9-11,17,19-23,25H,2-3,7-8,12-16H2,1H3. The van der Waals surface area contributed by atoms with Crippen molar-refractivity contribution >= 4 is 6.08 Å². The summed E-state index contributed by atoms with van der Waals surface area (Å²) in [6.07, 6.45) is 18.5. The molecule has 0 aliphatic heterocycles. The second-order valence-electron chi connectivity index (χ2n) is 9.75. The normalized spacial score (nSPS) is 42.0. The molecule has 7 atom stereocenters. The molecule has 0 aromatic heterocycles. The molecule has 1 aromatic rings. The lowest BCUT2D eigenvalue weighted by molar-refractivity contribution is 0.0732. The van der Waals surface area contributed by atoms with Crippen molar-refractivity contribution in [3.63, 3.8) is 0 Å². The van der Waals surface area contributed by atoms with E-state index in [1.165, 1.54) is 37.7 Å². The molecule has 25 heavy (non-hydrogen) atoms.